The van der Waals surface area contributed by atoms with Gasteiger partial charge in [0, 0.05) is 43.1 Å². The van der Waals surface area contributed by atoms with E-state index >= 15 is 0 Å². The fourth-order valence-electron chi connectivity index (χ4n) is 4.47. The Morgan fingerprint density at radius 3 is 2.70 bits per heavy atom. The van der Waals surface area contributed by atoms with E-state index in [0.717, 1.165) is 42.6 Å². The maximum atomic E-state index is 13.2. The molecule has 1 atom stereocenters. The summed E-state index contributed by atoms with van der Waals surface area (Å²) >= 11 is 6.04. The van der Waals surface area contributed by atoms with Gasteiger partial charge in [0.1, 0.15) is 6.61 Å². The molecule has 1 unspecified atom stereocenters. The van der Waals surface area contributed by atoms with Gasteiger partial charge in [0.2, 0.25) is 5.91 Å². The lowest BCUT2D eigenvalue weighted by molar-refractivity contribution is -0.124. The van der Waals surface area contributed by atoms with Gasteiger partial charge in [-0.1, -0.05) is 41.9 Å². The summed E-state index contributed by atoms with van der Waals surface area (Å²) in [4.78, 5) is 27.2. The number of amides is 1. The van der Waals surface area contributed by atoms with Crippen molar-refractivity contribution in [2.75, 3.05) is 33.4 Å². The van der Waals surface area contributed by atoms with E-state index in [-0.39, 0.29) is 24.1 Å². The lowest BCUT2D eigenvalue weighted by Crippen LogP contribution is -2.42. The first-order valence-electron chi connectivity index (χ1n) is 11.3. The number of rotatable bonds is 9. The van der Waals surface area contributed by atoms with Crippen molar-refractivity contribution < 1.29 is 9.53 Å². The molecule has 3 aromatic rings. The van der Waals surface area contributed by atoms with Crippen molar-refractivity contribution in [1.82, 2.24) is 20.0 Å². The molecule has 2 heterocycles. The van der Waals surface area contributed by atoms with Crippen LogP contribution in [0.4, 0.5) is 0 Å². The predicted octanol–water partition coefficient (Wildman–Crippen LogP) is 2.87. The number of benzene rings is 2. The minimum Gasteiger partial charge on any atom is -0.375 e. The molecule has 0 aliphatic carbocycles. The van der Waals surface area contributed by atoms with Crippen molar-refractivity contribution in [3.05, 3.63) is 75.2 Å². The third kappa shape index (κ3) is 5.79. The molecule has 1 amide bonds. The molecule has 0 radical (unpaired) electrons. The average Bonchev–Trinajstić information content (AvgIpc) is 3.25. The van der Waals surface area contributed by atoms with Crippen molar-refractivity contribution in [2.45, 2.75) is 31.8 Å². The van der Waals surface area contributed by atoms with E-state index in [9.17, 15) is 9.59 Å². The van der Waals surface area contributed by atoms with Gasteiger partial charge >= 0.3 is 0 Å². The van der Waals surface area contributed by atoms with Crippen molar-refractivity contribution in [3.63, 3.8) is 0 Å². The smallest absolute Gasteiger partial charge is 0.274 e. The monoisotopic (exact) mass is 468 g/mol. The van der Waals surface area contributed by atoms with Crippen LogP contribution in [0, 0.1) is 0 Å². The zero-order chi connectivity index (χ0) is 23.2. The zero-order valence-corrected chi connectivity index (χ0v) is 19.6. The highest BCUT2D eigenvalue weighted by atomic mass is 35.5. The predicted molar refractivity (Wildman–Crippen MR) is 130 cm³/mol. The molecule has 4 rings (SSSR count). The Labute approximate surface area is 198 Å². The molecule has 174 valence electrons. The first-order valence-corrected chi connectivity index (χ1v) is 11.7. The van der Waals surface area contributed by atoms with Crippen molar-refractivity contribution in [1.29, 1.82) is 0 Å². The van der Waals surface area contributed by atoms with Crippen molar-refractivity contribution >= 4 is 28.3 Å². The lowest BCUT2D eigenvalue weighted by Gasteiger charge is -2.25. The number of halogens is 1. The van der Waals surface area contributed by atoms with Gasteiger partial charge in [0.05, 0.1) is 17.6 Å². The summed E-state index contributed by atoms with van der Waals surface area (Å²) < 4.78 is 6.48. The molecular weight excluding hydrogens is 440 g/mol. The number of ether oxygens (including phenoxy) is 1. The highest BCUT2D eigenvalue weighted by Crippen LogP contribution is 2.21. The number of methoxy groups -OCH3 is 1. The van der Waals surface area contributed by atoms with Crippen LogP contribution in [-0.4, -0.2) is 60.0 Å². The number of carbonyl (C=O) groups is 1. The van der Waals surface area contributed by atoms with E-state index < -0.39 is 0 Å². The lowest BCUT2D eigenvalue weighted by atomic mass is 10.0. The average molecular weight is 469 g/mol. The topological polar surface area (TPSA) is 76.5 Å². The molecule has 7 nitrogen and oxygen atoms in total. The van der Waals surface area contributed by atoms with Crippen LogP contribution in [-0.2, 0) is 22.5 Å². The standard InChI is InChI=1S/C25H29ClN4O3/c1-33-17-24(31)27-12-14-29-13-4-5-20(29)16-30-25(32)22-7-3-2-6-21(22)23(28-30)15-18-8-10-19(26)11-9-18/h2-3,6-11,20H,4-5,12-17H2,1H3,(H,27,31). The number of fused-ring (bicyclic) bond motifs is 1. The minimum atomic E-state index is -0.118. The molecule has 0 saturated carbocycles. The van der Waals surface area contributed by atoms with Crippen LogP contribution in [0.25, 0.3) is 10.8 Å². The molecule has 1 saturated heterocycles. The Kier molecular flexibility index (Phi) is 7.75. The maximum Gasteiger partial charge on any atom is 0.274 e. The molecule has 1 N–H and O–H groups in total. The zero-order valence-electron chi connectivity index (χ0n) is 18.8. The second-order valence-corrected chi connectivity index (χ2v) is 8.83. The van der Waals surface area contributed by atoms with Gasteiger partial charge in [-0.05, 0) is 43.1 Å². The van der Waals surface area contributed by atoms with Gasteiger partial charge in [-0.3, -0.25) is 14.5 Å². The number of nitrogens with zero attached hydrogens (tertiary/aromatic N) is 3. The summed E-state index contributed by atoms with van der Waals surface area (Å²) in [5.74, 6) is -0.118. The number of hydrogen-bond donors (Lipinski definition) is 1. The van der Waals surface area contributed by atoms with Gasteiger partial charge in [-0.25, -0.2) is 4.68 Å². The largest absolute Gasteiger partial charge is 0.375 e. The van der Waals surface area contributed by atoms with Crippen LogP contribution >= 0.6 is 11.6 Å². The number of aromatic nitrogens is 2. The number of likely N-dealkylation sites (tertiary alicyclic amines) is 1. The molecule has 1 aliphatic heterocycles. The Morgan fingerprint density at radius 1 is 1.18 bits per heavy atom. The molecule has 1 fully saturated rings. The highest BCUT2D eigenvalue weighted by molar-refractivity contribution is 6.30. The Hall–Kier alpha value is -2.74. The van der Waals surface area contributed by atoms with Gasteiger partial charge in [-0.15, -0.1) is 0 Å². The van der Waals surface area contributed by atoms with E-state index in [4.69, 9.17) is 21.4 Å². The Bertz CT molecular complexity index is 1160. The van der Waals surface area contributed by atoms with Gasteiger partial charge in [0.15, 0.2) is 0 Å². The van der Waals surface area contributed by atoms with Crippen LogP contribution in [0.5, 0.6) is 0 Å². The quantitative estimate of drug-likeness (QED) is 0.522. The molecule has 0 spiro atoms. The molecular formula is C25H29ClN4O3. The van der Waals surface area contributed by atoms with Crippen LogP contribution in [0.15, 0.2) is 53.3 Å². The SMILES string of the molecule is COCC(=O)NCCN1CCCC1Cn1nc(Cc2ccc(Cl)cc2)c2ccccc2c1=O. The summed E-state index contributed by atoms with van der Waals surface area (Å²) in [6.07, 6.45) is 2.69. The van der Waals surface area contributed by atoms with E-state index in [1.165, 1.54) is 7.11 Å². The van der Waals surface area contributed by atoms with Crippen LogP contribution in [0.3, 0.4) is 0 Å². The normalized spacial score (nSPS) is 16.4. The van der Waals surface area contributed by atoms with E-state index in [1.54, 1.807) is 4.68 Å². The van der Waals surface area contributed by atoms with Gasteiger partial charge in [0.25, 0.3) is 5.56 Å². The van der Waals surface area contributed by atoms with E-state index in [2.05, 4.69) is 10.2 Å². The third-order valence-electron chi connectivity index (χ3n) is 6.11. The number of hydrogen-bond acceptors (Lipinski definition) is 5. The summed E-state index contributed by atoms with van der Waals surface area (Å²) in [7, 11) is 1.51. The minimum absolute atomic E-state index is 0.0642. The molecule has 2 aromatic carbocycles. The maximum absolute atomic E-state index is 13.2. The summed E-state index contributed by atoms with van der Waals surface area (Å²) in [6.45, 7) is 2.84. The first-order chi connectivity index (χ1) is 16.0. The van der Waals surface area contributed by atoms with Crippen molar-refractivity contribution in [3.8, 4) is 0 Å². The first kappa shape index (κ1) is 23.4. The van der Waals surface area contributed by atoms with Crippen LogP contribution < -0.4 is 10.9 Å². The third-order valence-corrected chi connectivity index (χ3v) is 6.36. The van der Waals surface area contributed by atoms with Gasteiger partial charge in [-0.2, -0.15) is 5.10 Å². The number of carbonyl (C=O) groups excluding carboxylic acids is 1. The summed E-state index contributed by atoms with van der Waals surface area (Å²) in [6, 6.07) is 15.6. The summed E-state index contributed by atoms with van der Waals surface area (Å²) in [5, 5.41) is 9.95. The Morgan fingerprint density at radius 2 is 1.94 bits per heavy atom. The summed E-state index contributed by atoms with van der Waals surface area (Å²) in [5.41, 5.74) is 1.91. The second-order valence-electron chi connectivity index (χ2n) is 8.40. The molecule has 0 bridgehead atoms. The molecule has 33 heavy (non-hydrogen) atoms. The highest BCUT2D eigenvalue weighted by Gasteiger charge is 2.26. The van der Waals surface area contributed by atoms with Gasteiger partial charge < -0.3 is 10.1 Å². The molecule has 1 aromatic heterocycles. The number of nitrogens with one attached hydrogen (secondary N) is 1. The molecule has 1 aliphatic rings. The fraction of sp³-hybridized carbons (Fsp3) is 0.400. The molecule has 8 heteroatoms. The second kappa shape index (κ2) is 10.9. The van der Waals surface area contributed by atoms with E-state index in [0.29, 0.717) is 29.9 Å². The van der Waals surface area contributed by atoms with Crippen molar-refractivity contribution in [2.24, 2.45) is 0 Å². The Balaban J connectivity index is 1.54. The van der Waals surface area contributed by atoms with Crippen LogP contribution in [0.1, 0.15) is 24.1 Å². The van der Waals surface area contributed by atoms with E-state index in [1.807, 2.05) is 48.5 Å². The van der Waals surface area contributed by atoms with Crippen LogP contribution in [0.2, 0.25) is 5.02 Å². The fourth-order valence-corrected chi connectivity index (χ4v) is 4.60.